The normalized spacial score (nSPS) is 18.1. The van der Waals surface area contributed by atoms with Gasteiger partial charge in [0.05, 0.1) is 32.8 Å². The van der Waals surface area contributed by atoms with Crippen LogP contribution in [-0.2, 0) is 9.53 Å². The van der Waals surface area contributed by atoms with Gasteiger partial charge in [0.15, 0.2) is 5.76 Å². The Balaban J connectivity index is 1.79. The van der Waals surface area contributed by atoms with E-state index >= 15 is 0 Å². The number of hydrogen-bond acceptors (Lipinski definition) is 8. The molecule has 0 bridgehead atoms. The number of benzene rings is 1. The van der Waals surface area contributed by atoms with Gasteiger partial charge in [0.25, 0.3) is 5.91 Å². The second-order valence-electron chi connectivity index (χ2n) is 7.10. The third-order valence-electron chi connectivity index (χ3n) is 5.17. The number of amides is 1. The van der Waals surface area contributed by atoms with E-state index in [1.807, 2.05) is 6.08 Å². The Morgan fingerprint density at radius 3 is 2.62 bits per heavy atom. The maximum Gasteiger partial charge on any atom is 0.433 e. The van der Waals surface area contributed by atoms with Crippen LogP contribution in [0.25, 0.3) is 0 Å². The molecule has 1 amide bonds. The SMILES string of the molecule is CCOC(=O)C(c1cc(OC)ccc1OC)C1C=CC(NC(=O)c2ccc([N+](=O)[O-])o2)C1. The van der Waals surface area contributed by atoms with Crippen molar-refractivity contribution in [3.05, 3.63) is 63.9 Å². The van der Waals surface area contributed by atoms with Gasteiger partial charge in [-0.3, -0.25) is 19.7 Å². The summed E-state index contributed by atoms with van der Waals surface area (Å²) in [6.45, 7) is 1.95. The molecule has 3 rings (SSSR count). The van der Waals surface area contributed by atoms with Crippen LogP contribution in [0.4, 0.5) is 5.88 Å². The second-order valence-corrected chi connectivity index (χ2v) is 7.10. The van der Waals surface area contributed by atoms with Crippen LogP contribution in [0.2, 0.25) is 0 Å². The number of hydrogen-bond donors (Lipinski definition) is 1. The summed E-state index contributed by atoms with van der Waals surface area (Å²) in [4.78, 5) is 35.4. The van der Waals surface area contributed by atoms with Crippen LogP contribution in [-0.4, -0.2) is 43.7 Å². The lowest BCUT2D eigenvalue weighted by Crippen LogP contribution is -2.33. The molecule has 0 radical (unpaired) electrons. The van der Waals surface area contributed by atoms with Crippen molar-refractivity contribution < 1.29 is 33.1 Å². The summed E-state index contributed by atoms with van der Waals surface area (Å²) in [5, 5.41) is 13.5. The van der Waals surface area contributed by atoms with Crippen LogP contribution in [0.1, 0.15) is 35.4 Å². The van der Waals surface area contributed by atoms with Crippen molar-refractivity contribution in [2.45, 2.75) is 25.3 Å². The van der Waals surface area contributed by atoms with Crippen molar-refractivity contribution in [3.63, 3.8) is 0 Å². The van der Waals surface area contributed by atoms with Crippen LogP contribution in [0.15, 0.2) is 46.9 Å². The third-order valence-corrected chi connectivity index (χ3v) is 5.17. The number of nitro groups is 1. The van der Waals surface area contributed by atoms with Gasteiger partial charge in [0.1, 0.15) is 16.4 Å². The molecule has 2 aromatic rings. The van der Waals surface area contributed by atoms with Crippen molar-refractivity contribution in [2.24, 2.45) is 5.92 Å². The molecular weight excluding hydrogens is 420 g/mol. The Morgan fingerprint density at radius 2 is 2.00 bits per heavy atom. The van der Waals surface area contributed by atoms with E-state index in [2.05, 4.69) is 5.32 Å². The number of methoxy groups -OCH3 is 2. The minimum absolute atomic E-state index is 0.162. The Bertz CT molecular complexity index is 1030. The summed E-state index contributed by atoms with van der Waals surface area (Å²) in [6.07, 6.45) is 4.03. The summed E-state index contributed by atoms with van der Waals surface area (Å²) >= 11 is 0. The molecule has 3 unspecified atom stereocenters. The standard InChI is InChI=1S/C22H24N2O8/c1-4-31-22(26)20(16-12-15(29-2)7-8-17(16)30-3)13-5-6-14(11-13)23-21(25)18-9-10-19(32-18)24(27)28/h5-10,12-14,20H,4,11H2,1-3H3,(H,23,25). The molecule has 0 aliphatic heterocycles. The van der Waals surface area contributed by atoms with Crippen molar-refractivity contribution >= 4 is 17.8 Å². The lowest BCUT2D eigenvalue weighted by molar-refractivity contribution is -0.402. The molecule has 3 atom stereocenters. The van der Waals surface area contributed by atoms with Crippen LogP contribution in [0, 0.1) is 16.0 Å². The number of rotatable bonds is 9. The molecule has 0 spiro atoms. The summed E-state index contributed by atoms with van der Waals surface area (Å²) in [5.41, 5.74) is 0.619. The Morgan fingerprint density at radius 1 is 1.22 bits per heavy atom. The van der Waals surface area contributed by atoms with Gasteiger partial charge >= 0.3 is 11.9 Å². The van der Waals surface area contributed by atoms with Crippen LogP contribution >= 0.6 is 0 Å². The van der Waals surface area contributed by atoms with Gasteiger partial charge in [-0.2, -0.15) is 0 Å². The molecule has 1 aliphatic carbocycles. The van der Waals surface area contributed by atoms with Crippen LogP contribution in [0.3, 0.4) is 0 Å². The highest BCUT2D eigenvalue weighted by Gasteiger charge is 2.36. The number of nitrogens with one attached hydrogen (secondary N) is 1. The van der Waals surface area contributed by atoms with Gasteiger partial charge in [-0.1, -0.05) is 12.2 Å². The van der Waals surface area contributed by atoms with Crippen molar-refractivity contribution in [3.8, 4) is 11.5 Å². The molecule has 1 aromatic carbocycles. The first-order chi connectivity index (χ1) is 15.4. The zero-order valence-corrected chi connectivity index (χ0v) is 17.9. The van der Waals surface area contributed by atoms with E-state index < -0.39 is 34.6 Å². The Labute approximate surface area is 184 Å². The summed E-state index contributed by atoms with van der Waals surface area (Å²) in [6, 6.07) is 7.16. The monoisotopic (exact) mass is 444 g/mol. The predicted molar refractivity (Wildman–Crippen MR) is 113 cm³/mol. The predicted octanol–water partition coefficient (Wildman–Crippen LogP) is 3.23. The van der Waals surface area contributed by atoms with Gasteiger partial charge in [-0.05, 0) is 43.5 Å². The fourth-order valence-electron chi connectivity index (χ4n) is 3.72. The number of furan rings is 1. The van der Waals surface area contributed by atoms with Gasteiger partial charge in [-0.25, -0.2) is 0 Å². The number of ether oxygens (including phenoxy) is 3. The van der Waals surface area contributed by atoms with E-state index in [0.29, 0.717) is 23.5 Å². The number of nitrogens with zero attached hydrogens (tertiary/aromatic N) is 1. The molecule has 10 heteroatoms. The first-order valence-corrected chi connectivity index (χ1v) is 9.99. The second kappa shape index (κ2) is 9.99. The average molecular weight is 444 g/mol. The minimum atomic E-state index is -0.715. The molecule has 170 valence electrons. The lowest BCUT2D eigenvalue weighted by atomic mass is 9.84. The topological polar surface area (TPSA) is 130 Å². The number of carbonyl (C=O) groups is 2. The molecule has 0 saturated heterocycles. The highest BCUT2D eigenvalue weighted by molar-refractivity contribution is 5.92. The highest BCUT2D eigenvalue weighted by atomic mass is 16.6. The fraction of sp³-hybridized carbons (Fsp3) is 0.364. The largest absolute Gasteiger partial charge is 0.497 e. The average Bonchev–Trinajstić information content (AvgIpc) is 3.44. The summed E-state index contributed by atoms with van der Waals surface area (Å²) in [5.74, 6) is -1.54. The van der Waals surface area contributed by atoms with Gasteiger partial charge in [0, 0.05) is 11.6 Å². The first kappa shape index (κ1) is 22.9. The number of esters is 1. The zero-order chi connectivity index (χ0) is 23.3. The maximum atomic E-state index is 12.9. The summed E-state index contributed by atoms with van der Waals surface area (Å²) < 4.78 is 21.0. The quantitative estimate of drug-likeness (QED) is 0.270. The molecule has 0 saturated carbocycles. The van der Waals surface area contributed by atoms with Gasteiger partial charge in [0.2, 0.25) is 0 Å². The van der Waals surface area contributed by atoms with Crippen LogP contribution in [0.5, 0.6) is 11.5 Å². The molecule has 1 N–H and O–H groups in total. The lowest BCUT2D eigenvalue weighted by Gasteiger charge is -2.24. The smallest absolute Gasteiger partial charge is 0.433 e. The molecule has 1 aromatic heterocycles. The van der Waals surface area contributed by atoms with Crippen molar-refractivity contribution in [1.82, 2.24) is 5.32 Å². The molecule has 0 fully saturated rings. The van der Waals surface area contributed by atoms with E-state index in [1.165, 1.54) is 20.3 Å². The maximum absolute atomic E-state index is 12.9. The van der Waals surface area contributed by atoms with E-state index in [4.69, 9.17) is 18.6 Å². The van der Waals surface area contributed by atoms with Gasteiger partial charge < -0.3 is 23.9 Å². The molecule has 32 heavy (non-hydrogen) atoms. The van der Waals surface area contributed by atoms with Crippen LogP contribution < -0.4 is 14.8 Å². The van der Waals surface area contributed by atoms with Crippen molar-refractivity contribution in [1.29, 1.82) is 0 Å². The molecule has 1 aliphatic rings. The molecular formula is C22H24N2O8. The fourth-order valence-corrected chi connectivity index (χ4v) is 3.72. The Kier molecular flexibility index (Phi) is 7.14. The first-order valence-electron chi connectivity index (χ1n) is 9.99. The van der Waals surface area contributed by atoms with Gasteiger partial charge in [-0.15, -0.1) is 0 Å². The van der Waals surface area contributed by atoms with Crippen molar-refractivity contribution in [2.75, 3.05) is 20.8 Å². The molecule has 10 nitrogen and oxygen atoms in total. The minimum Gasteiger partial charge on any atom is -0.497 e. The number of allylic oxidation sites excluding steroid dienone is 1. The number of carbonyl (C=O) groups excluding carboxylic acids is 2. The van der Waals surface area contributed by atoms with E-state index in [9.17, 15) is 19.7 Å². The zero-order valence-electron chi connectivity index (χ0n) is 17.9. The summed E-state index contributed by atoms with van der Waals surface area (Å²) in [7, 11) is 3.05. The highest BCUT2D eigenvalue weighted by Crippen LogP contribution is 2.40. The van der Waals surface area contributed by atoms with E-state index in [-0.39, 0.29) is 18.3 Å². The van der Waals surface area contributed by atoms with E-state index in [0.717, 1.165) is 6.07 Å². The third kappa shape index (κ3) is 4.90. The Hall–Kier alpha value is -3.82. The van der Waals surface area contributed by atoms with E-state index in [1.54, 1.807) is 31.2 Å². The molecule has 1 heterocycles.